The lowest BCUT2D eigenvalue weighted by atomic mass is 10.2. The van der Waals surface area contributed by atoms with Crippen LogP contribution in [0.2, 0.25) is 0 Å². The molecule has 0 atom stereocenters. The van der Waals surface area contributed by atoms with Crippen molar-refractivity contribution in [1.29, 1.82) is 0 Å². The van der Waals surface area contributed by atoms with Crippen LogP contribution in [0.5, 0.6) is 0 Å². The molecule has 4 heterocycles. The fourth-order valence-electron chi connectivity index (χ4n) is 3.48. The number of pyridine rings is 1. The Kier molecular flexibility index (Phi) is 5.49. The third-order valence-electron chi connectivity index (χ3n) is 5.18. The van der Waals surface area contributed by atoms with E-state index in [1.165, 1.54) is 11.8 Å². The number of benzene rings is 1. The number of thioether (sulfide) groups is 1. The van der Waals surface area contributed by atoms with Crippen molar-refractivity contribution < 1.29 is 9.21 Å². The summed E-state index contributed by atoms with van der Waals surface area (Å²) in [6, 6.07) is 15.4. The summed E-state index contributed by atoms with van der Waals surface area (Å²) in [6.07, 6.45) is 3.48. The zero-order valence-corrected chi connectivity index (χ0v) is 17.5. The van der Waals surface area contributed by atoms with Gasteiger partial charge in [0.05, 0.1) is 11.4 Å². The highest BCUT2D eigenvalue weighted by atomic mass is 32.2. The number of nitrogens with zero attached hydrogens (tertiary/aromatic N) is 6. The number of rotatable bonds is 5. The molecule has 156 valence electrons. The molecule has 9 heteroatoms. The minimum atomic E-state index is 0.0889. The average Bonchev–Trinajstić information content (AvgIpc) is 3.26. The van der Waals surface area contributed by atoms with Gasteiger partial charge in [0.15, 0.2) is 11.4 Å². The zero-order chi connectivity index (χ0) is 21.0. The second-order valence-electron chi connectivity index (χ2n) is 7.12. The molecule has 0 radical (unpaired) electrons. The summed E-state index contributed by atoms with van der Waals surface area (Å²) in [6.45, 7) is 2.76. The van der Waals surface area contributed by atoms with Crippen molar-refractivity contribution in [3.05, 3.63) is 60.9 Å². The van der Waals surface area contributed by atoms with Gasteiger partial charge in [0.2, 0.25) is 5.91 Å². The second kappa shape index (κ2) is 8.73. The molecule has 1 aliphatic rings. The molecular formula is C22H20N6O2S. The van der Waals surface area contributed by atoms with Gasteiger partial charge in [0.1, 0.15) is 5.52 Å². The smallest absolute Gasteiger partial charge is 0.257 e. The van der Waals surface area contributed by atoms with E-state index in [1.807, 2.05) is 53.4 Å². The number of piperazine rings is 1. The first-order chi connectivity index (χ1) is 15.3. The van der Waals surface area contributed by atoms with Crippen LogP contribution >= 0.6 is 11.8 Å². The summed E-state index contributed by atoms with van der Waals surface area (Å²) >= 11 is 1.34. The number of carbonyl (C=O) groups excluding carboxylic acids is 1. The van der Waals surface area contributed by atoms with Crippen LogP contribution in [0.1, 0.15) is 0 Å². The first-order valence-corrected chi connectivity index (χ1v) is 11.0. The fourth-order valence-corrected chi connectivity index (χ4v) is 4.22. The standard InChI is InChI=1S/C22H20N6O2S/c29-21(15-31-22-24-18-3-1-2-4-19(18)30-22)28-13-11-27(12-14-28)20-6-5-17(25-26-20)16-7-9-23-10-8-16/h1-10H,11-15H2. The lowest BCUT2D eigenvalue weighted by Crippen LogP contribution is -2.49. The van der Waals surface area contributed by atoms with Crippen molar-refractivity contribution >= 4 is 34.6 Å². The number of hydrogen-bond donors (Lipinski definition) is 0. The zero-order valence-electron chi connectivity index (χ0n) is 16.7. The fraction of sp³-hybridized carbons (Fsp3) is 0.227. The lowest BCUT2D eigenvalue weighted by molar-refractivity contribution is -0.128. The van der Waals surface area contributed by atoms with E-state index < -0.39 is 0 Å². The number of para-hydroxylation sites is 2. The molecule has 1 fully saturated rings. The van der Waals surface area contributed by atoms with Crippen molar-refractivity contribution in [3.63, 3.8) is 0 Å². The molecule has 0 aliphatic carbocycles. The van der Waals surface area contributed by atoms with Gasteiger partial charge < -0.3 is 14.2 Å². The highest BCUT2D eigenvalue weighted by Gasteiger charge is 2.22. The van der Waals surface area contributed by atoms with Crippen molar-refractivity contribution in [1.82, 2.24) is 25.1 Å². The first-order valence-electron chi connectivity index (χ1n) is 10.0. The Bertz CT molecular complexity index is 1140. The number of aromatic nitrogens is 4. The van der Waals surface area contributed by atoms with Crippen LogP contribution in [-0.4, -0.2) is 62.9 Å². The minimum Gasteiger partial charge on any atom is -0.431 e. The number of fused-ring (bicyclic) bond motifs is 1. The van der Waals surface area contributed by atoms with Crippen LogP contribution in [-0.2, 0) is 4.79 Å². The van der Waals surface area contributed by atoms with E-state index in [1.54, 1.807) is 12.4 Å². The van der Waals surface area contributed by atoms with Crippen molar-refractivity contribution in [2.24, 2.45) is 0 Å². The minimum absolute atomic E-state index is 0.0889. The van der Waals surface area contributed by atoms with E-state index in [0.717, 1.165) is 41.3 Å². The number of amides is 1. The Labute approximate surface area is 183 Å². The maximum Gasteiger partial charge on any atom is 0.257 e. The van der Waals surface area contributed by atoms with Crippen LogP contribution in [0.25, 0.3) is 22.4 Å². The number of carbonyl (C=O) groups is 1. The monoisotopic (exact) mass is 432 g/mol. The van der Waals surface area contributed by atoms with Gasteiger partial charge in [-0.15, -0.1) is 10.2 Å². The maximum absolute atomic E-state index is 12.6. The van der Waals surface area contributed by atoms with E-state index in [2.05, 4.69) is 25.1 Å². The van der Waals surface area contributed by atoms with E-state index >= 15 is 0 Å². The molecule has 0 unspecified atom stereocenters. The summed E-state index contributed by atoms with van der Waals surface area (Å²) in [5, 5.41) is 9.24. The van der Waals surface area contributed by atoms with Crippen LogP contribution in [0.4, 0.5) is 5.82 Å². The Morgan fingerprint density at radius 2 is 1.77 bits per heavy atom. The summed E-state index contributed by atoms with van der Waals surface area (Å²) < 4.78 is 5.68. The predicted octanol–water partition coefficient (Wildman–Crippen LogP) is 3.12. The van der Waals surface area contributed by atoms with Crippen molar-refractivity contribution in [3.8, 4) is 11.3 Å². The number of hydrogen-bond acceptors (Lipinski definition) is 8. The van der Waals surface area contributed by atoms with Crippen LogP contribution < -0.4 is 4.90 Å². The Balaban J connectivity index is 1.14. The Morgan fingerprint density at radius 3 is 2.52 bits per heavy atom. The van der Waals surface area contributed by atoms with Crippen molar-refractivity contribution in [2.45, 2.75) is 5.22 Å². The summed E-state index contributed by atoms with van der Waals surface area (Å²) in [5.74, 6) is 1.23. The molecule has 5 rings (SSSR count). The van der Waals surface area contributed by atoms with Crippen LogP contribution in [0, 0.1) is 0 Å². The van der Waals surface area contributed by atoms with Gasteiger partial charge in [-0.1, -0.05) is 23.9 Å². The summed E-state index contributed by atoms with van der Waals surface area (Å²) in [4.78, 5) is 25.1. The van der Waals surface area contributed by atoms with E-state index in [-0.39, 0.29) is 5.91 Å². The molecule has 31 heavy (non-hydrogen) atoms. The van der Waals surface area contributed by atoms with Gasteiger partial charge in [-0.05, 0) is 36.4 Å². The molecule has 3 aromatic heterocycles. The Morgan fingerprint density at radius 1 is 0.968 bits per heavy atom. The summed E-state index contributed by atoms with van der Waals surface area (Å²) in [7, 11) is 0. The molecule has 0 saturated carbocycles. The maximum atomic E-state index is 12.6. The van der Waals surface area contributed by atoms with Crippen LogP contribution in [0.15, 0.2) is 70.6 Å². The lowest BCUT2D eigenvalue weighted by Gasteiger charge is -2.35. The van der Waals surface area contributed by atoms with Gasteiger partial charge in [0, 0.05) is 44.1 Å². The van der Waals surface area contributed by atoms with Crippen LogP contribution in [0.3, 0.4) is 0 Å². The average molecular weight is 433 g/mol. The Hall–Kier alpha value is -3.46. The van der Waals surface area contributed by atoms with Gasteiger partial charge in [-0.3, -0.25) is 9.78 Å². The van der Waals surface area contributed by atoms with Gasteiger partial charge >= 0.3 is 0 Å². The molecule has 1 amide bonds. The second-order valence-corrected chi connectivity index (χ2v) is 8.04. The summed E-state index contributed by atoms with van der Waals surface area (Å²) in [5.41, 5.74) is 3.35. The van der Waals surface area contributed by atoms with E-state index in [0.29, 0.717) is 24.1 Å². The molecule has 1 saturated heterocycles. The molecule has 0 bridgehead atoms. The molecule has 0 spiro atoms. The molecule has 4 aromatic rings. The highest BCUT2D eigenvalue weighted by Crippen LogP contribution is 2.24. The molecule has 1 aliphatic heterocycles. The molecule has 0 N–H and O–H groups in total. The SMILES string of the molecule is O=C(CSc1nc2ccccc2o1)N1CCN(c2ccc(-c3ccncc3)nn2)CC1. The van der Waals surface area contributed by atoms with Gasteiger partial charge in [0.25, 0.3) is 5.22 Å². The normalized spacial score (nSPS) is 14.2. The van der Waals surface area contributed by atoms with Gasteiger partial charge in [-0.25, -0.2) is 4.98 Å². The van der Waals surface area contributed by atoms with E-state index in [9.17, 15) is 4.79 Å². The van der Waals surface area contributed by atoms with Gasteiger partial charge in [-0.2, -0.15) is 0 Å². The largest absolute Gasteiger partial charge is 0.431 e. The highest BCUT2D eigenvalue weighted by molar-refractivity contribution is 7.99. The first kappa shape index (κ1) is 19.5. The third-order valence-corrected chi connectivity index (χ3v) is 5.99. The number of oxazole rings is 1. The topological polar surface area (TPSA) is 88.3 Å². The molecule has 1 aromatic carbocycles. The molecule has 8 nitrogen and oxygen atoms in total. The predicted molar refractivity (Wildman–Crippen MR) is 119 cm³/mol. The quantitative estimate of drug-likeness (QED) is 0.445. The van der Waals surface area contributed by atoms with E-state index in [4.69, 9.17) is 4.42 Å². The third kappa shape index (κ3) is 4.36. The van der Waals surface area contributed by atoms with Crippen molar-refractivity contribution in [2.75, 3.05) is 36.8 Å². The molecular weight excluding hydrogens is 412 g/mol. The number of anilines is 1.